The van der Waals surface area contributed by atoms with Gasteiger partial charge in [-0.05, 0) is 57.1 Å². The van der Waals surface area contributed by atoms with Gasteiger partial charge in [0.15, 0.2) is 5.96 Å². The molecule has 5 heteroatoms. The molecule has 1 aromatic rings. The average Bonchev–Trinajstić information content (AvgIpc) is 2.62. The lowest BCUT2D eigenvalue weighted by Gasteiger charge is -2.21. The smallest absolute Gasteiger partial charge is 0.191 e. The predicted octanol–water partition coefficient (Wildman–Crippen LogP) is 2.73. The Balaban J connectivity index is 2.34. The molecule has 0 spiro atoms. The van der Waals surface area contributed by atoms with Crippen LogP contribution >= 0.6 is 0 Å². The van der Waals surface area contributed by atoms with Crippen molar-refractivity contribution < 1.29 is 0 Å². The molecule has 0 fully saturated rings. The van der Waals surface area contributed by atoms with Crippen molar-refractivity contribution in [2.24, 2.45) is 4.99 Å². The highest BCUT2D eigenvalue weighted by atomic mass is 15.2. The molecule has 1 rings (SSSR count). The molecule has 2 N–H and O–H groups in total. The highest BCUT2D eigenvalue weighted by molar-refractivity contribution is 5.79. The molecular weight excluding hydrogens is 298 g/mol. The van der Waals surface area contributed by atoms with Gasteiger partial charge in [0, 0.05) is 19.6 Å². The minimum atomic E-state index is 0.382. The third-order valence-corrected chi connectivity index (χ3v) is 4.16. The molecular formula is C19H31N5. The summed E-state index contributed by atoms with van der Waals surface area (Å²) in [5.41, 5.74) is 1.81. The van der Waals surface area contributed by atoms with E-state index in [2.05, 4.69) is 47.4 Å². The number of rotatable bonds is 9. The number of nitrogens with one attached hydrogen (secondary N) is 2. The van der Waals surface area contributed by atoms with Gasteiger partial charge < -0.3 is 15.5 Å². The van der Waals surface area contributed by atoms with E-state index in [0.717, 1.165) is 37.6 Å². The SMILES string of the molecule is CCN(CC)CCCC(C)NC(=NC)NCc1ccc(C#N)cc1. The molecule has 0 aliphatic rings. The topological polar surface area (TPSA) is 63.4 Å². The summed E-state index contributed by atoms with van der Waals surface area (Å²) in [4.78, 5) is 6.73. The molecule has 5 nitrogen and oxygen atoms in total. The molecule has 0 saturated carbocycles. The molecule has 0 heterocycles. The maximum Gasteiger partial charge on any atom is 0.191 e. The van der Waals surface area contributed by atoms with Crippen LogP contribution < -0.4 is 10.6 Å². The maximum atomic E-state index is 8.82. The zero-order chi connectivity index (χ0) is 17.8. The Bertz CT molecular complexity index is 526. The minimum Gasteiger partial charge on any atom is -0.354 e. The standard InChI is InChI=1S/C19H31N5/c1-5-24(6-2)13-7-8-16(3)23-19(21-4)22-15-18-11-9-17(14-20)10-12-18/h9-12,16H,5-8,13,15H2,1-4H3,(H2,21,22,23). The quantitative estimate of drug-likeness (QED) is 0.540. The van der Waals surface area contributed by atoms with Gasteiger partial charge in [0.2, 0.25) is 0 Å². The van der Waals surface area contributed by atoms with Crippen LogP contribution in [-0.2, 0) is 6.54 Å². The third-order valence-electron chi connectivity index (χ3n) is 4.16. The molecule has 24 heavy (non-hydrogen) atoms. The van der Waals surface area contributed by atoms with E-state index in [1.807, 2.05) is 24.3 Å². The lowest BCUT2D eigenvalue weighted by molar-refractivity contribution is 0.292. The van der Waals surface area contributed by atoms with Crippen LogP contribution in [0.3, 0.4) is 0 Å². The fraction of sp³-hybridized carbons (Fsp3) is 0.579. The Morgan fingerprint density at radius 2 is 1.92 bits per heavy atom. The number of hydrogen-bond donors (Lipinski definition) is 2. The van der Waals surface area contributed by atoms with E-state index in [-0.39, 0.29) is 0 Å². The number of nitrogens with zero attached hydrogens (tertiary/aromatic N) is 3. The van der Waals surface area contributed by atoms with E-state index in [9.17, 15) is 0 Å². The van der Waals surface area contributed by atoms with Gasteiger partial charge in [0.05, 0.1) is 11.6 Å². The zero-order valence-electron chi connectivity index (χ0n) is 15.5. The summed E-state index contributed by atoms with van der Waals surface area (Å²) in [5.74, 6) is 0.815. The lowest BCUT2D eigenvalue weighted by atomic mass is 10.1. The van der Waals surface area contributed by atoms with E-state index in [1.165, 1.54) is 6.42 Å². The summed E-state index contributed by atoms with van der Waals surface area (Å²) in [5, 5.41) is 15.6. The molecule has 0 bridgehead atoms. The Morgan fingerprint density at radius 1 is 1.25 bits per heavy atom. The third kappa shape index (κ3) is 7.47. The number of nitriles is 1. The molecule has 0 amide bonds. The number of benzene rings is 1. The van der Waals surface area contributed by atoms with E-state index in [1.54, 1.807) is 7.05 Å². The van der Waals surface area contributed by atoms with Crippen LogP contribution in [-0.4, -0.2) is 43.6 Å². The predicted molar refractivity (Wildman–Crippen MR) is 101 cm³/mol. The first-order chi connectivity index (χ1) is 11.6. The van der Waals surface area contributed by atoms with Gasteiger partial charge in [0.25, 0.3) is 0 Å². The fourth-order valence-corrected chi connectivity index (χ4v) is 2.54. The monoisotopic (exact) mass is 329 g/mol. The average molecular weight is 329 g/mol. The van der Waals surface area contributed by atoms with Crippen LogP contribution in [0.25, 0.3) is 0 Å². The summed E-state index contributed by atoms with van der Waals surface area (Å²) < 4.78 is 0. The number of aliphatic imine (C=N–C) groups is 1. The van der Waals surface area contributed by atoms with Crippen molar-refractivity contribution in [2.75, 3.05) is 26.7 Å². The largest absolute Gasteiger partial charge is 0.354 e. The van der Waals surface area contributed by atoms with Gasteiger partial charge in [-0.3, -0.25) is 4.99 Å². The van der Waals surface area contributed by atoms with Crippen molar-refractivity contribution in [1.29, 1.82) is 5.26 Å². The highest BCUT2D eigenvalue weighted by Gasteiger charge is 2.06. The molecule has 0 aliphatic heterocycles. The van der Waals surface area contributed by atoms with E-state index >= 15 is 0 Å². The van der Waals surface area contributed by atoms with Gasteiger partial charge in [0.1, 0.15) is 0 Å². The lowest BCUT2D eigenvalue weighted by Crippen LogP contribution is -2.42. The maximum absolute atomic E-state index is 8.82. The second-order valence-corrected chi connectivity index (χ2v) is 5.95. The van der Waals surface area contributed by atoms with Crippen molar-refractivity contribution in [3.05, 3.63) is 35.4 Å². The molecule has 0 saturated heterocycles. The Hall–Kier alpha value is -2.06. The Kier molecular flexibility index (Phi) is 9.55. The summed E-state index contributed by atoms with van der Waals surface area (Å²) >= 11 is 0. The van der Waals surface area contributed by atoms with Gasteiger partial charge in [-0.25, -0.2) is 0 Å². The molecule has 1 aromatic carbocycles. The molecule has 0 radical (unpaired) electrons. The molecule has 1 unspecified atom stereocenters. The first-order valence-electron chi connectivity index (χ1n) is 8.81. The number of guanidine groups is 1. The molecule has 132 valence electrons. The van der Waals surface area contributed by atoms with E-state index < -0.39 is 0 Å². The van der Waals surface area contributed by atoms with Crippen LogP contribution in [0.5, 0.6) is 0 Å². The van der Waals surface area contributed by atoms with Crippen molar-refractivity contribution >= 4 is 5.96 Å². The van der Waals surface area contributed by atoms with Crippen LogP contribution in [0, 0.1) is 11.3 Å². The first kappa shape index (κ1) is 20.0. The van der Waals surface area contributed by atoms with Crippen molar-refractivity contribution in [3.8, 4) is 6.07 Å². The Morgan fingerprint density at radius 3 is 2.46 bits per heavy atom. The zero-order valence-corrected chi connectivity index (χ0v) is 15.5. The summed E-state index contributed by atoms with van der Waals surface area (Å²) in [7, 11) is 1.79. The summed E-state index contributed by atoms with van der Waals surface area (Å²) in [6, 6.07) is 10.1. The summed E-state index contributed by atoms with van der Waals surface area (Å²) in [6.07, 6.45) is 2.30. The van der Waals surface area contributed by atoms with E-state index in [0.29, 0.717) is 18.2 Å². The van der Waals surface area contributed by atoms with Crippen molar-refractivity contribution in [2.45, 2.75) is 46.2 Å². The van der Waals surface area contributed by atoms with Gasteiger partial charge in [-0.15, -0.1) is 0 Å². The van der Waals surface area contributed by atoms with Crippen LogP contribution in [0.4, 0.5) is 0 Å². The Labute approximate surface area is 146 Å². The van der Waals surface area contributed by atoms with Crippen molar-refractivity contribution in [3.63, 3.8) is 0 Å². The molecule has 0 aromatic heterocycles. The fourth-order valence-electron chi connectivity index (χ4n) is 2.54. The molecule has 1 atom stereocenters. The number of hydrogen-bond acceptors (Lipinski definition) is 3. The minimum absolute atomic E-state index is 0.382. The van der Waals surface area contributed by atoms with Gasteiger partial charge in [-0.2, -0.15) is 5.26 Å². The highest BCUT2D eigenvalue weighted by Crippen LogP contribution is 2.03. The van der Waals surface area contributed by atoms with Gasteiger partial charge >= 0.3 is 0 Å². The first-order valence-corrected chi connectivity index (χ1v) is 8.81. The normalized spacial score (nSPS) is 12.8. The van der Waals surface area contributed by atoms with Crippen LogP contribution in [0.1, 0.15) is 44.7 Å². The van der Waals surface area contributed by atoms with E-state index in [4.69, 9.17) is 5.26 Å². The van der Waals surface area contributed by atoms with Crippen molar-refractivity contribution in [1.82, 2.24) is 15.5 Å². The summed E-state index contributed by atoms with van der Waals surface area (Å²) in [6.45, 7) is 10.7. The second-order valence-electron chi connectivity index (χ2n) is 5.95. The second kappa shape index (κ2) is 11.5. The van der Waals surface area contributed by atoms with Crippen LogP contribution in [0.15, 0.2) is 29.3 Å². The molecule has 0 aliphatic carbocycles. The van der Waals surface area contributed by atoms with Crippen LogP contribution in [0.2, 0.25) is 0 Å². The van der Waals surface area contributed by atoms with Gasteiger partial charge in [-0.1, -0.05) is 26.0 Å².